The quantitative estimate of drug-likeness (QED) is 0.398. The number of rotatable bonds is 8. The minimum absolute atomic E-state index is 0. The maximum atomic E-state index is 12.7. The number of halogens is 1. The van der Waals surface area contributed by atoms with Crippen LogP contribution in [0.2, 0.25) is 0 Å². The van der Waals surface area contributed by atoms with E-state index in [9.17, 15) is 9.90 Å². The third kappa shape index (κ3) is 6.17. The lowest BCUT2D eigenvalue weighted by molar-refractivity contribution is -0.117. The largest absolute Gasteiger partial charge is 0.508 e. The number of amides is 1. The van der Waals surface area contributed by atoms with Crippen molar-refractivity contribution in [3.05, 3.63) is 71.3 Å². The van der Waals surface area contributed by atoms with Gasteiger partial charge in [-0.1, -0.05) is 30.4 Å². The maximum Gasteiger partial charge on any atom is 0.241 e. The monoisotopic (exact) mass is 498 g/mol. The van der Waals surface area contributed by atoms with Crippen molar-refractivity contribution in [1.82, 2.24) is 0 Å². The number of benzene rings is 3. The first-order valence-corrected chi connectivity index (χ1v) is 10.6. The van der Waals surface area contributed by atoms with Crippen molar-refractivity contribution in [3.8, 4) is 28.7 Å². The number of carbonyl (C=O) groups is 1. The van der Waals surface area contributed by atoms with Gasteiger partial charge in [0, 0.05) is 0 Å². The molecular weight excluding hydrogens is 472 g/mol. The van der Waals surface area contributed by atoms with Crippen molar-refractivity contribution in [3.63, 3.8) is 0 Å². The van der Waals surface area contributed by atoms with E-state index in [-0.39, 0.29) is 30.9 Å². The molecule has 0 unspecified atom stereocenters. The van der Waals surface area contributed by atoms with E-state index in [1.165, 1.54) is 7.11 Å². The van der Waals surface area contributed by atoms with Gasteiger partial charge in [0.15, 0.2) is 11.5 Å². The van der Waals surface area contributed by atoms with Gasteiger partial charge in [-0.2, -0.15) is 0 Å². The average molecular weight is 499 g/mol. The van der Waals surface area contributed by atoms with Crippen molar-refractivity contribution in [1.29, 1.82) is 0 Å². The molecule has 3 aromatic carbocycles. The van der Waals surface area contributed by atoms with Gasteiger partial charge < -0.3 is 35.1 Å². The summed E-state index contributed by atoms with van der Waals surface area (Å²) in [4.78, 5) is 12.7. The van der Waals surface area contributed by atoms with Crippen LogP contribution >= 0.6 is 12.4 Å². The summed E-state index contributed by atoms with van der Waals surface area (Å²) in [6.07, 6.45) is 4.15. The predicted molar refractivity (Wildman–Crippen MR) is 137 cm³/mol. The summed E-state index contributed by atoms with van der Waals surface area (Å²) in [6.45, 7) is 0.162. The first-order chi connectivity index (χ1) is 16.5. The van der Waals surface area contributed by atoms with E-state index in [0.717, 1.165) is 16.7 Å². The molecule has 4 rings (SSSR count). The van der Waals surface area contributed by atoms with Crippen molar-refractivity contribution < 1.29 is 28.8 Å². The van der Waals surface area contributed by atoms with E-state index >= 15 is 0 Å². The number of ether oxygens (including phenoxy) is 4. The molecule has 35 heavy (non-hydrogen) atoms. The van der Waals surface area contributed by atoms with Crippen molar-refractivity contribution in [2.75, 3.05) is 26.3 Å². The number of carbonyl (C=O) groups excluding carboxylic acids is 1. The highest BCUT2D eigenvalue weighted by Crippen LogP contribution is 2.42. The maximum absolute atomic E-state index is 12.7. The molecule has 0 fully saturated rings. The fourth-order valence-electron chi connectivity index (χ4n) is 3.57. The number of fused-ring (bicyclic) bond motifs is 1. The smallest absolute Gasteiger partial charge is 0.241 e. The van der Waals surface area contributed by atoms with E-state index in [0.29, 0.717) is 35.1 Å². The van der Waals surface area contributed by atoms with Crippen molar-refractivity contribution in [2.24, 2.45) is 5.73 Å². The van der Waals surface area contributed by atoms with Crippen LogP contribution in [0.15, 0.2) is 54.6 Å². The molecule has 8 nitrogen and oxygen atoms in total. The summed E-state index contributed by atoms with van der Waals surface area (Å²) in [6, 6.07) is 15.0. The molecule has 0 saturated carbocycles. The van der Waals surface area contributed by atoms with E-state index < -0.39 is 6.04 Å². The summed E-state index contributed by atoms with van der Waals surface area (Å²) in [5.74, 6) is 2.16. The predicted octanol–water partition coefficient (Wildman–Crippen LogP) is 4.24. The molecule has 1 atom stereocenters. The molecule has 1 heterocycles. The van der Waals surface area contributed by atoms with Crippen LogP contribution in [0.3, 0.4) is 0 Å². The lowest BCUT2D eigenvalue weighted by Gasteiger charge is -2.15. The second-order valence-corrected chi connectivity index (χ2v) is 7.72. The number of nitrogens with one attached hydrogen (secondary N) is 1. The molecule has 0 spiro atoms. The molecule has 3 aromatic rings. The second kappa shape index (κ2) is 11.5. The molecule has 0 bridgehead atoms. The Morgan fingerprint density at radius 3 is 2.46 bits per heavy atom. The van der Waals surface area contributed by atoms with Gasteiger partial charge in [0.05, 0.1) is 25.9 Å². The lowest BCUT2D eigenvalue weighted by atomic mass is 10.1. The Kier molecular flexibility index (Phi) is 8.46. The Labute approximate surface area is 209 Å². The molecule has 1 aliphatic rings. The van der Waals surface area contributed by atoms with E-state index in [1.807, 2.05) is 36.4 Å². The number of hydrogen-bond donors (Lipinski definition) is 3. The van der Waals surface area contributed by atoms with Gasteiger partial charge in [-0.3, -0.25) is 4.79 Å². The zero-order valence-corrected chi connectivity index (χ0v) is 20.1. The fourth-order valence-corrected chi connectivity index (χ4v) is 3.57. The average Bonchev–Trinajstić information content (AvgIpc) is 3.32. The fraction of sp³-hybridized carbons (Fsp3) is 0.192. The van der Waals surface area contributed by atoms with Gasteiger partial charge in [-0.05, 0) is 59.5 Å². The van der Waals surface area contributed by atoms with Crippen LogP contribution in [-0.2, 0) is 11.2 Å². The Balaban J connectivity index is 0.00000342. The van der Waals surface area contributed by atoms with Crippen LogP contribution in [0.25, 0.3) is 12.2 Å². The van der Waals surface area contributed by atoms with Gasteiger partial charge in [-0.25, -0.2) is 0 Å². The van der Waals surface area contributed by atoms with Gasteiger partial charge in [0.25, 0.3) is 0 Å². The van der Waals surface area contributed by atoms with E-state index in [1.54, 1.807) is 37.4 Å². The SMILES string of the molecule is COc1ccc(/C=C\c2cc(OC)c3c(c2)OCO3)cc1NC(=O)[C@@H](N)Cc1ccc(O)cc1.Cl. The number of phenols is 1. The van der Waals surface area contributed by atoms with Gasteiger partial charge in [0.1, 0.15) is 11.5 Å². The Hall–Kier alpha value is -3.88. The van der Waals surface area contributed by atoms with Gasteiger partial charge in [0.2, 0.25) is 18.4 Å². The summed E-state index contributed by atoms with van der Waals surface area (Å²) in [7, 11) is 3.12. The second-order valence-electron chi connectivity index (χ2n) is 7.72. The minimum Gasteiger partial charge on any atom is -0.508 e. The van der Waals surface area contributed by atoms with Crippen LogP contribution in [-0.4, -0.2) is 38.1 Å². The highest BCUT2D eigenvalue weighted by Gasteiger charge is 2.20. The molecule has 1 amide bonds. The Morgan fingerprint density at radius 1 is 1.03 bits per heavy atom. The number of aromatic hydroxyl groups is 1. The minimum atomic E-state index is -0.769. The van der Waals surface area contributed by atoms with Crippen molar-refractivity contribution in [2.45, 2.75) is 12.5 Å². The molecule has 0 radical (unpaired) electrons. The standard InChI is InChI=1S/C26H26N2O6.ClH/c1-31-22-10-7-17(3-4-18-13-23(32-2)25-24(14-18)33-15-34-25)12-21(22)28-26(30)20(27)11-16-5-8-19(29)9-6-16;/h3-10,12-14,20,29H,11,15,27H2,1-2H3,(H,28,30);1H/b4-3-;/t20-;/m0./s1. The van der Waals surface area contributed by atoms with Gasteiger partial charge in [-0.15, -0.1) is 12.4 Å². The Bertz CT molecular complexity index is 1210. The molecular formula is C26H27ClN2O6. The molecule has 9 heteroatoms. The number of hydrogen-bond acceptors (Lipinski definition) is 7. The summed E-state index contributed by atoms with van der Waals surface area (Å²) in [5.41, 5.74) is 9.19. The van der Waals surface area contributed by atoms with Crippen LogP contribution in [0.4, 0.5) is 5.69 Å². The molecule has 1 aliphatic heterocycles. The zero-order valence-electron chi connectivity index (χ0n) is 19.3. The number of nitrogens with two attached hydrogens (primary N) is 1. The number of phenolic OH excluding ortho intramolecular Hbond substituents is 1. The Morgan fingerprint density at radius 2 is 1.74 bits per heavy atom. The third-order valence-corrected chi connectivity index (χ3v) is 5.36. The lowest BCUT2D eigenvalue weighted by Crippen LogP contribution is -2.37. The summed E-state index contributed by atoms with van der Waals surface area (Å²) >= 11 is 0. The molecule has 184 valence electrons. The molecule has 0 aromatic heterocycles. The topological polar surface area (TPSA) is 112 Å². The normalized spacial score (nSPS) is 12.7. The number of anilines is 1. The third-order valence-electron chi connectivity index (χ3n) is 5.36. The zero-order chi connectivity index (χ0) is 24.1. The van der Waals surface area contributed by atoms with E-state index in [4.69, 9.17) is 24.7 Å². The molecule has 0 saturated heterocycles. The van der Waals surface area contributed by atoms with Crippen LogP contribution < -0.4 is 30.0 Å². The highest BCUT2D eigenvalue weighted by atomic mass is 35.5. The molecule has 0 aliphatic carbocycles. The van der Waals surface area contributed by atoms with Crippen LogP contribution in [0.1, 0.15) is 16.7 Å². The highest BCUT2D eigenvalue weighted by molar-refractivity contribution is 5.96. The van der Waals surface area contributed by atoms with Crippen molar-refractivity contribution >= 4 is 36.2 Å². The van der Waals surface area contributed by atoms with Crippen LogP contribution in [0, 0.1) is 0 Å². The number of methoxy groups -OCH3 is 2. The summed E-state index contributed by atoms with van der Waals surface area (Å²) < 4.78 is 21.7. The molecule has 4 N–H and O–H groups in total. The van der Waals surface area contributed by atoms with Gasteiger partial charge >= 0.3 is 0 Å². The first kappa shape index (κ1) is 25.7. The van der Waals surface area contributed by atoms with Crippen LogP contribution in [0.5, 0.6) is 28.7 Å². The van der Waals surface area contributed by atoms with E-state index in [2.05, 4.69) is 5.32 Å². The first-order valence-electron chi connectivity index (χ1n) is 10.6. The summed E-state index contributed by atoms with van der Waals surface area (Å²) in [5, 5.41) is 12.3.